The molecule has 1 aliphatic heterocycles. The van der Waals surface area contributed by atoms with Gasteiger partial charge in [-0.3, -0.25) is 9.78 Å². The van der Waals surface area contributed by atoms with Crippen molar-refractivity contribution >= 4 is 22.3 Å². The summed E-state index contributed by atoms with van der Waals surface area (Å²) in [5.74, 6) is 0.455. The second-order valence-corrected chi connectivity index (χ2v) is 9.47. The van der Waals surface area contributed by atoms with Crippen LogP contribution in [0.3, 0.4) is 0 Å². The number of anilines is 1. The van der Waals surface area contributed by atoms with Crippen LogP contribution in [-0.2, 0) is 13.5 Å². The van der Waals surface area contributed by atoms with Crippen LogP contribution in [0.4, 0.5) is 10.1 Å². The maximum atomic E-state index is 14.9. The number of H-pyrrole nitrogens is 1. The van der Waals surface area contributed by atoms with Gasteiger partial charge in [0.05, 0.1) is 17.4 Å². The van der Waals surface area contributed by atoms with Crippen molar-refractivity contribution in [2.45, 2.75) is 26.2 Å². The number of benzene rings is 2. The Kier molecular flexibility index (Phi) is 5.96. The van der Waals surface area contributed by atoms with Crippen molar-refractivity contribution < 1.29 is 4.39 Å². The predicted molar refractivity (Wildman–Crippen MR) is 136 cm³/mol. The number of rotatable bonds is 6. The summed E-state index contributed by atoms with van der Waals surface area (Å²) >= 11 is 0. The lowest BCUT2D eigenvalue weighted by atomic mass is 9.90. The molecule has 0 radical (unpaired) electrons. The fourth-order valence-electron chi connectivity index (χ4n) is 4.79. The van der Waals surface area contributed by atoms with E-state index in [9.17, 15) is 4.39 Å². The number of likely N-dealkylation sites (tertiary alicyclic amines) is 1. The topological polar surface area (TPSA) is 61.8 Å². The largest absolute Gasteiger partial charge is 0.354 e. The molecule has 2 N–H and O–H groups in total. The molecule has 3 heterocycles. The molecule has 0 atom stereocenters. The first-order valence-electron chi connectivity index (χ1n) is 11.8. The lowest BCUT2D eigenvalue weighted by molar-refractivity contribution is 0.219. The minimum Gasteiger partial charge on any atom is -0.354 e. The number of aromatic amines is 1. The number of aryl methyl sites for hydroxylation is 1. The molecular weight excluding hydrogens is 427 g/mol. The monoisotopic (exact) mass is 458 g/mol. The molecule has 2 aromatic heterocycles. The highest BCUT2D eigenvalue weighted by Crippen LogP contribution is 2.32. The summed E-state index contributed by atoms with van der Waals surface area (Å²) in [6.07, 6.45) is 5.35. The van der Waals surface area contributed by atoms with E-state index in [0.29, 0.717) is 22.5 Å². The zero-order valence-electron chi connectivity index (χ0n) is 20.0. The molecule has 5 rings (SSSR count). The van der Waals surface area contributed by atoms with Crippen molar-refractivity contribution in [2.24, 2.45) is 13.0 Å². The Morgan fingerprint density at radius 1 is 1.15 bits per heavy atom. The van der Waals surface area contributed by atoms with Crippen LogP contribution >= 0.6 is 0 Å². The number of piperidine rings is 1. The van der Waals surface area contributed by atoms with E-state index in [1.165, 1.54) is 37.6 Å². The summed E-state index contributed by atoms with van der Waals surface area (Å²) in [6, 6.07) is 11.9. The van der Waals surface area contributed by atoms with E-state index in [2.05, 4.69) is 63.4 Å². The third kappa shape index (κ3) is 4.35. The second kappa shape index (κ2) is 9.06. The van der Waals surface area contributed by atoms with Crippen molar-refractivity contribution in [1.82, 2.24) is 24.9 Å². The summed E-state index contributed by atoms with van der Waals surface area (Å²) < 4.78 is 16.6. The van der Waals surface area contributed by atoms with E-state index in [1.807, 2.05) is 20.0 Å². The van der Waals surface area contributed by atoms with Crippen LogP contribution in [0.1, 0.15) is 29.8 Å². The van der Waals surface area contributed by atoms with Crippen LogP contribution in [-0.4, -0.2) is 45.0 Å². The quantitative estimate of drug-likeness (QED) is 0.407. The number of fused-ring (bicyclic) bond motifs is 1. The molecule has 2 aromatic carbocycles. The third-order valence-corrected chi connectivity index (χ3v) is 7.07. The van der Waals surface area contributed by atoms with Gasteiger partial charge in [-0.1, -0.05) is 18.7 Å². The fourth-order valence-corrected chi connectivity index (χ4v) is 4.79. The van der Waals surface area contributed by atoms with Crippen LogP contribution < -0.4 is 5.32 Å². The van der Waals surface area contributed by atoms with E-state index in [-0.39, 0.29) is 5.82 Å². The van der Waals surface area contributed by atoms with Gasteiger partial charge in [0, 0.05) is 41.0 Å². The Labute approximate surface area is 199 Å². The molecule has 0 spiro atoms. The Hall–Kier alpha value is -3.45. The number of nitrogens with one attached hydrogen (secondary N) is 2. The number of hydrogen-bond acceptors (Lipinski definition) is 4. The maximum Gasteiger partial charge on any atom is 0.133 e. The summed E-state index contributed by atoms with van der Waals surface area (Å²) in [5, 5.41) is 15.8. The number of hydrogen-bond donors (Lipinski definition) is 2. The molecule has 1 saturated heterocycles. The first-order chi connectivity index (χ1) is 16.4. The number of nitrogens with zero attached hydrogens (tertiary/aromatic N) is 4. The lowest BCUT2D eigenvalue weighted by Gasteiger charge is -2.29. The minimum atomic E-state index is -0.308. The lowest BCUT2D eigenvalue weighted by Crippen LogP contribution is -2.30. The van der Waals surface area contributed by atoms with Crippen molar-refractivity contribution in [3.63, 3.8) is 0 Å². The Balaban J connectivity index is 1.33. The summed E-state index contributed by atoms with van der Waals surface area (Å²) in [5.41, 5.74) is 6.47. The number of halogens is 1. The molecule has 0 aliphatic carbocycles. The predicted octanol–water partition coefficient (Wildman–Crippen LogP) is 5.38. The van der Waals surface area contributed by atoms with Crippen LogP contribution in [0, 0.1) is 18.7 Å². The van der Waals surface area contributed by atoms with Crippen molar-refractivity contribution in [3.05, 3.63) is 71.9 Å². The van der Waals surface area contributed by atoms with Gasteiger partial charge in [-0.25, -0.2) is 4.39 Å². The minimum absolute atomic E-state index is 0.308. The summed E-state index contributed by atoms with van der Waals surface area (Å²) in [4.78, 5) is 2.41. The van der Waals surface area contributed by atoms with Crippen LogP contribution in [0.5, 0.6) is 0 Å². The molecule has 176 valence electrons. The Morgan fingerprint density at radius 3 is 2.56 bits per heavy atom. The van der Waals surface area contributed by atoms with E-state index >= 15 is 0 Å². The molecule has 4 aromatic rings. The molecule has 0 saturated carbocycles. The van der Waals surface area contributed by atoms with Crippen molar-refractivity contribution in [1.29, 1.82) is 0 Å². The molecule has 1 fully saturated rings. The van der Waals surface area contributed by atoms with Gasteiger partial charge in [-0.05, 0) is 76.0 Å². The molecule has 0 unspecified atom stereocenters. The molecule has 6 nitrogen and oxygen atoms in total. The highest BCUT2D eigenvalue weighted by atomic mass is 19.1. The summed E-state index contributed by atoms with van der Waals surface area (Å²) in [7, 11) is 4.05. The van der Waals surface area contributed by atoms with Gasteiger partial charge in [0.2, 0.25) is 0 Å². The van der Waals surface area contributed by atoms with Gasteiger partial charge in [-0.2, -0.15) is 10.2 Å². The average Bonchev–Trinajstić information content (AvgIpc) is 3.38. The van der Waals surface area contributed by atoms with Crippen LogP contribution in [0.15, 0.2) is 49.2 Å². The van der Waals surface area contributed by atoms with Crippen LogP contribution in [0.25, 0.3) is 27.7 Å². The van der Waals surface area contributed by atoms with Gasteiger partial charge in [0.25, 0.3) is 0 Å². The zero-order valence-corrected chi connectivity index (χ0v) is 20.0. The van der Waals surface area contributed by atoms with Gasteiger partial charge in [0.1, 0.15) is 11.5 Å². The molecule has 0 bridgehead atoms. The van der Waals surface area contributed by atoms with E-state index < -0.39 is 0 Å². The highest BCUT2D eigenvalue weighted by molar-refractivity contribution is 5.95. The Morgan fingerprint density at radius 2 is 1.88 bits per heavy atom. The molecule has 0 amide bonds. The summed E-state index contributed by atoms with van der Waals surface area (Å²) in [6.45, 7) is 8.51. The van der Waals surface area contributed by atoms with Gasteiger partial charge < -0.3 is 10.2 Å². The third-order valence-electron chi connectivity index (χ3n) is 7.07. The first-order valence-corrected chi connectivity index (χ1v) is 11.8. The Bertz CT molecular complexity index is 1330. The highest BCUT2D eigenvalue weighted by Gasteiger charge is 2.18. The maximum absolute atomic E-state index is 14.9. The standard InChI is InChI=1S/C27H31FN6/c1-17(30-21-7-5-19(6-8-21)13-20-9-11-33(3)12-10-20)27-23-14-22(24-16-29-34(4)18(24)2)25(28)15-26(23)31-32-27/h5-8,14-16,20,30H,1,9-13H2,2-4H3,(H,31,32). The molecule has 34 heavy (non-hydrogen) atoms. The fraction of sp³-hybridized carbons (Fsp3) is 0.333. The van der Waals surface area contributed by atoms with Gasteiger partial charge in [0.15, 0.2) is 0 Å². The smallest absolute Gasteiger partial charge is 0.133 e. The van der Waals surface area contributed by atoms with E-state index in [0.717, 1.165) is 34.7 Å². The molecule has 7 heteroatoms. The number of aromatic nitrogens is 4. The second-order valence-electron chi connectivity index (χ2n) is 9.47. The van der Waals surface area contributed by atoms with E-state index in [4.69, 9.17) is 0 Å². The van der Waals surface area contributed by atoms with Gasteiger partial charge in [-0.15, -0.1) is 0 Å². The molecule has 1 aliphatic rings. The average molecular weight is 459 g/mol. The normalized spacial score (nSPS) is 15.2. The van der Waals surface area contributed by atoms with Crippen LogP contribution in [0.2, 0.25) is 0 Å². The van der Waals surface area contributed by atoms with Gasteiger partial charge >= 0.3 is 0 Å². The van der Waals surface area contributed by atoms with Crippen molar-refractivity contribution in [2.75, 3.05) is 25.5 Å². The molecular formula is C27H31FN6. The first kappa shape index (κ1) is 22.3. The zero-order chi connectivity index (χ0) is 23.8. The van der Waals surface area contributed by atoms with Crippen molar-refractivity contribution in [3.8, 4) is 11.1 Å². The van der Waals surface area contributed by atoms with E-state index in [1.54, 1.807) is 10.9 Å². The SMILES string of the molecule is C=C(Nc1ccc(CC2CCN(C)CC2)cc1)c1n[nH]c2cc(F)c(-c3cnn(C)c3C)cc12.